The third-order valence-corrected chi connectivity index (χ3v) is 3.74. The van der Waals surface area contributed by atoms with Gasteiger partial charge in [-0.15, -0.1) is 0 Å². The van der Waals surface area contributed by atoms with E-state index in [4.69, 9.17) is 4.74 Å². The maximum absolute atomic E-state index is 11.1. The van der Waals surface area contributed by atoms with Crippen molar-refractivity contribution in [3.05, 3.63) is 59.7 Å². The van der Waals surface area contributed by atoms with Crippen LogP contribution in [0.15, 0.2) is 48.5 Å². The third-order valence-electron chi connectivity index (χ3n) is 3.43. The van der Waals surface area contributed by atoms with Crippen molar-refractivity contribution in [2.24, 2.45) is 0 Å². The van der Waals surface area contributed by atoms with Gasteiger partial charge in [0.05, 0.1) is 0 Å². The molecule has 4 heteroatoms. The van der Waals surface area contributed by atoms with E-state index in [1.807, 2.05) is 36.4 Å². The van der Waals surface area contributed by atoms with Crippen molar-refractivity contribution in [2.45, 2.75) is 5.92 Å². The van der Waals surface area contributed by atoms with Gasteiger partial charge in [0, 0.05) is 5.92 Å². The van der Waals surface area contributed by atoms with Crippen molar-refractivity contribution in [3.63, 3.8) is 0 Å². The number of hydrogen-bond donors (Lipinski definition) is 0. The summed E-state index contributed by atoms with van der Waals surface area (Å²) in [6.45, 7) is 0.238. The highest BCUT2D eigenvalue weighted by Gasteiger charge is 2.28. The van der Waals surface area contributed by atoms with Crippen LogP contribution in [0.4, 0.5) is 4.79 Å². The molecule has 3 nitrogen and oxygen atoms in total. The molecule has 0 amide bonds. The summed E-state index contributed by atoms with van der Waals surface area (Å²) in [7, 11) is -1.05. The standard InChI is InChI=1S/C15H11O3Si/c16-15(19-17)18-9-14-12-7-3-1-5-10(12)11-6-2-4-8-13(11)14/h1-8,14H,9H2. The van der Waals surface area contributed by atoms with E-state index >= 15 is 0 Å². The minimum atomic E-state index is -1.05. The molecule has 0 aromatic heterocycles. The lowest BCUT2D eigenvalue weighted by molar-refractivity contribution is 0.168. The van der Waals surface area contributed by atoms with E-state index in [0.717, 1.165) is 11.1 Å². The summed E-state index contributed by atoms with van der Waals surface area (Å²) < 4.78 is 15.5. The highest BCUT2D eigenvalue weighted by Crippen LogP contribution is 2.44. The van der Waals surface area contributed by atoms with Gasteiger partial charge in [-0.05, 0) is 22.3 Å². The summed E-state index contributed by atoms with van der Waals surface area (Å²) in [6, 6.07) is 16.2. The van der Waals surface area contributed by atoms with Crippen LogP contribution in [0.1, 0.15) is 17.0 Å². The fraction of sp³-hybridized carbons (Fsp3) is 0.133. The summed E-state index contributed by atoms with van der Waals surface area (Å²) >= 11 is 0. The normalized spacial score (nSPS) is 12.6. The van der Waals surface area contributed by atoms with Gasteiger partial charge < -0.3 is 9.20 Å². The molecule has 3 rings (SSSR count). The van der Waals surface area contributed by atoms with E-state index in [2.05, 4.69) is 12.1 Å². The van der Waals surface area contributed by atoms with Crippen molar-refractivity contribution in [2.75, 3.05) is 6.61 Å². The first-order chi connectivity index (χ1) is 9.31. The summed E-state index contributed by atoms with van der Waals surface area (Å²) in [5.41, 5.74) is 4.02. The van der Waals surface area contributed by atoms with Crippen LogP contribution >= 0.6 is 0 Å². The minimum Gasteiger partial charge on any atom is -0.463 e. The van der Waals surface area contributed by atoms with E-state index in [9.17, 15) is 9.26 Å². The smallest absolute Gasteiger partial charge is 0.463 e. The summed E-state index contributed by atoms with van der Waals surface area (Å²) in [4.78, 5) is 11.1. The van der Waals surface area contributed by atoms with Crippen LogP contribution in [0.25, 0.3) is 11.1 Å². The van der Waals surface area contributed by atoms with E-state index in [0.29, 0.717) is 0 Å². The molecular weight excluding hydrogens is 256 g/mol. The molecule has 1 aliphatic carbocycles. The van der Waals surface area contributed by atoms with Crippen LogP contribution < -0.4 is 0 Å². The van der Waals surface area contributed by atoms with Crippen molar-refractivity contribution < 1.29 is 14.0 Å². The van der Waals surface area contributed by atoms with Gasteiger partial charge in [-0.3, -0.25) is 4.79 Å². The molecule has 0 fully saturated rings. The molecule has 2 aromatic rings. The van der Waals surface area contributed by atoms with Gasteiger partial charge in [0.15, 0.2) is 0 Å². The molecule has 19 heavy (non-hydrogen) atoms. The second-order valence-corrected chi connectivity index (χ2v) is 5.04. The molecule has 0 saturated heterocycles. The molecule has 0 saturated carbocycles. The molecule has 1 aliphatic rings. The number of carbonyl (C=O) groups excluding carboxylic acids is 1. The van der Waals surface area contributed by atoms with Gasteiger partial charge in [-0.1, -0.05) is 48.5 Å². The van der Waals surface area contributed by atoms with Crippen molar-refractivity contribution in [1.29, 1.82) is 0 Å². The molecule has 0 aliphatic heterocycles. The predicted octanol–water partition coefficient (Wildman–Crippen LogP) is 2.99. The predicted molar refractivity (Wildman–Crippen MR) is 71.5 cm³/mol. The Morgan fingerprint density at radius 3 is 2.05 bits per heavy atom. The lowest BCUT2D eigenvalue weighted by Gasteiger charge is -2.12. The molecule has 0 atom stereocenters. The zero-order valence-electron chi connectivity index (χ0n) is 10.1. The molecule has 2 aromatic carbocycles. The second-order valence-electron chi connectivity index (χ2n) is 4.43. The summed E-state index contributed by atoms with van der Waals surface area (Å²) in [5.74, 6) is 0.0349. The molecule has 0 heterocycles. The van der Waals surface area contributed by atoms with Crippen LogP contribution in [0, 0.1) is 0 Å². The summed E-state index contributed by atoms with van der Waals surface area (Å²) in [6.07, 6.45) is 0. The van der Waals surface area contributed by atoms with Gasteiger partial charge >= 0.3 is 15.0 Å². The molecule has 0 spiro atoms. The zero-order chi connectivity index (χ0) is 13.2. The Morgan fingerprint density at radius 2 is 1.53 bits per heavy atom. The molecule has 0 unspecified atom stereocenters. The highest BCUT2D eigenvalue weighted by atomic mass is 28.2. The number of rotatable bonds is 3. The first kappa shape index (κ1) is 12.0. The Labute approximate surface area is 113 Å². The van der Waals surface area contributed by atoms with Gasteiger partial charge in [0.25, 0.3) is 0 Å². The van der Waals surface area contributed by atoms with Crippen LogP contribution in [-0.2, 0) is 9.20 Å². The largest absolute Gasteiger partial charge is 0.463 e. The Hall–Kier alpha value is -2.07. The van der Waals surface area contributed by atoms with Crippen molar-refractivity contribution in [1.82, 2.24) is 0 Å². The number of benzene rings is 2. The fourth-order valence-electron chi connectivity index (χ4n) is 2.63. The zero-order valence-corrected chi connectivity index (χ0v) is 11.1. The number of carbonyl (C=O) groups is 1. The van der Waals surface area contributed by atoms with Gasteiger partial charge in [-0.25, -0.2) is 0 Å². The van der Waals surface area contributed by atoms with Crippen LogP contribution in [-0.4, -0.2) is 21.6 Å². The molecule has 1 radical (unpaired) electrons. The van der Waals surface area contributed by atoms with E-state index in [-0.39, 0.29) is 12.5 Å². The van der Waals surface area contributed by atoms with E-state index in [1.54, 1.807) is 0 Å². The maximum atomic E-state index is 11.1. The second kappa shape index (κ2) is 4.89. The van der Waals surface area contributed by atoms with Crippen molar-refractivity contribution in [3.8, 4) is 11.1 Å². The average Bonchev–Trinajstić information content (AvgIpc) is 2.79. The Kier molecular flexibility index (Phi) is 3.09. The first-order valence-electron chi connectivity index (χ1n) is 6.04. The maximum Gasteiger partial charge on any atom is 0.463 e. The van der Waals surface area contributed by atoms with Crippen LogP contribution in [0.5, 0.6) is 0 Å². The Balaban J connectivity index is 2.00. The monoisotopic (exact) mass is 267 g/mol. The van der Waals surface area contributed by atoms with Crippen LogP contribution in [0.2, 0.25) is 0 Å². The number of hydrogen-bond acceptors (Lipinski definition) is 3. The minimum absolute atomic E-state index is 0.0349. The SMILES string of the molecule is O=[Si]C(=O)OCC1c2ccccc2-c2ccccc21. The quantitative estimate of drug-likeness (QED) is 0.803. The van der Waals surface area contributed by atoms with Gasteiger partial charge in [0.2, 0.25) is 0 Å². The topological polar surface area (TPSA) is 43.4 Å². The Morgan fingerprint density at radius 1 is 1.00 bits per heavy atom. The number of ether oxygens (including phenoxy) is 1. The van der Waals surface area contributed by atoms with Gasteiger partial charge in [-0.2, -0.15) is 0 Å². The fourth-order valence-corrected chi connectivity index (χ4v) is 2.77. The summed E-state index contributed by atoms with van der Waals surface area (Å²) in [5, 5.41) is 0. The molecule has 0 bridgehead atoms. The molecular formula is C15H11O3Si. The van der Waals surface area contributed by atoms with E-state index in [1.165, 1.54) is 11.1 Å². The van der Waals surface area contributed by atoms with Crippen molar-refractivity contribution >= 4 is 15.0 Å². The molecule has 93 valence electrons. The van der Waals surface area contributed by atoms with E-state index < -0.39 is 15.0 Å². The third kappa shape index (κ3) is 2.04. The average molecular weight is 267 g/mol. The molecule has 0 N–H and O–H groups in total. The highest BCUT2D eigenvalue weighted by molar-refractivity contribution is 6.60. The first-order valence-corrected chi connectivity index (χ1v) is 6.95. The van der Waals surface area contributed by atoms with Crippen LogP contribution in [0.3, 0.4) is 0 Å². The van der Waals surface area contributed by atoms with Gasteiger partial charge in [0.1, 0.15) is 6.61 Å². The Bertz CT molecular complexity index is 606. The number of fused-ring (bicyclic) bond motifs is 3. The lowest BCUT2D eigenvalue weighted by atomic mass is 9.98. The lowest BCUT2D eigenvalue weighted by Crippen LogP contribution is -2.12.